The first-order valence-electron chi connectivity index (χ1n) is 5.02. The van der Waals surface area contributed by atoms with Crippen molar-refractivity contribution in [2.75, 3.05) is 19.8 Å². The summed E-state index contributed by atoms with van der Waals surface area (Å²) in [7, 11) is 0. The molecule has 0 aromatic carbocycles. The van der Waals surface area contributed by atoms with Crippen molar-refractivity contribution in [3.63, 3.8) is 0 Å². The third-order valence-electron chi connectivity index (χ3n) is 2.41. The molecule has 84 valence electrons. The molecular formula is C9H10ClN5O. The molecule has 0 spiro atoms. The Balaban J connectivity index is 1.97. The lowest BCUT2D eigenvalue weighted by Crippen LogP contribution is -2.35. The van der Waals surface area contributed by atoms with Crippen molar-refractivity contribution in [2.45, 2.75) is 6.04 Å². The summed E-state index contributed by atoms with van der Waals surface area (Å²) in [6.45, 7) is 2.13. The van der Waals surface area contributed by atoms with E-state index in [-0.39, 0.29) is 6.04 Å². The van der Waals surface area contributed by atoms with E-state index in [0.29, 0.717) is 23.2 Å². The number of ether oxygens (including phenoxy) is 1. The molecule has 2 aromatic heterocycles. The largest absolute Gasteiger partial charge is 0.378 e. The van der Waals surface area contributed by atoms with Crippen LogP contribution in [0.1, 0.15) is 11.9 Å². The van der Waals surface area contributed by atoms with Gasteiger partial charge >= 0.3 is 0 Å². The number of nitrogens with zero attached hydrogens (tertiary/aromatic N) is 4. The van der Waals surface area contributed by atoms with Crippen LogP contribution in [0.5, 0.6) is 0 Å². The van der Waals surface area contributed by atoms with Crippen LogP contribution in [0.3, 0.4) is 0 Å². The molecule has 1 saturated heterocycles. The standard InChI is InChI=1S/C9H10ClN5O/c10-6-3-12-9-13-8(14-15(9)4-6)7-5-16-2-1-11-7/h3-4,7,11H,1-2,5H2. The summed E-state index contributed by atoms with van der Waals surface area (Å²) < 4.78 is 6.94. The van der Waals surface area contributed by atoms with Crippen LogP contribution in [0.25, 0.3) is 5.78 Å². The highest BCUT2D eigenvalue weighted by molar-refractivity contribution is 6.30. The van der Waals surface area contributed by atoms with Gasteiger partial charge in [-0.1, -0.05) is 11.6 Å². The Morgan fingerprint density at radius 2 is 2.50 bits per heavy atom. The van der Waals surface area contributed by atoms with Crippen LogP contribution < -0.4 is 5.32 Å². The molecule has 3 heterocycles. The third-order valence-corrected chi connectivity index (χ3v) is 2.61. The quantitative estimate of drug-likeness (QED) is 0.782. The Bertz CT molecular complexity index is 508. The number of nitrogens with one attached hydrogen (secondary N) is 1. The van der Waals surface area contributed by atoms with Crippen molar-refractivity contribution in [1.29, 1.82) is 0 Å². The van der Waals surface area contributed by atoms with Crippen LogP contribution >= 0.6 is 11.6 Å². The maximum absolute atomic E-state index is 5.82. The molecular weight excluding hydrogens is 230 g/mol. The number of halogens is 1. The second kappa shape index (κ2) is 3.97. The zero-order valence-electron chi connectivity index (χ0n) is 8.43. The highest BCUT2D eigenvalue weighted by Crippen LogP contribution is 2.13. The lowest BCUT2D eigenvalue weighted by Gasteiger charge is -2.20. The third kappa shape index (κ3) is 1.75. The highest BCUT2D eigenvalue weighted by Gasteiger charge is 2.20. The van der Waals surface area contributed by atoms with Gasteiger partial charge in [0.1, 0.15) is 0 Å². The van der Waals surface area contributed by atoms with Crippen LogP contribution in [-0.2, 0) is 4.74 Å². The predicted molar refractivity (Wildman–Crippen MR) is 57.4 cm³/mol. The van der Waals surface area contributed by atoms with Crippen LogP contribution in [0.4, 0.5) is 0 Å². The Hall–Kier alpha value is -1.24. The van der Waals surface area contributed by atoms with Crippen molar-refractivity contribution in [1.82, 2.24) is 24.9 Å². The van der Waals surface area contributed by atoms with Gasteiger partial charge < -0.3 is 10.1 Å². The first-order valence-corrected chi connectivity index (χ1v) is 5.40. The molecule has 6 nitrogen and oxygen atoms in total. The minimum Gasteiger partial charge on any atom is -0.378 e. The van der Waals surface area contributed by atoms with Gasteiger partial charge in [0.15, 0.2) is 5.82 Å². The Kier molecular flexibility index (Phi) is 2.47. The maximum Gasteiger partial charge on any atom is 0.252 e. The molecule has 0 aliphatic carbocycles. The molecule has 0 amide bonds. The van der Waals surface area contributed by atoms with Gasteiger partial charge in [-0.05, 0) is 0 Å². The van der Waals surface area contributed by atoms with Gasteiger partial charge in [0, 0.05) is 6.54 Å². The normalized spacial score (nSPS) is 21.4. The molecule has 7 heteroatoms. The lowest BCUT2D eigenvalue weighted by molar-refractivity contribution is 0.0743. The smallest absolute Gasteiger partial charge is 0.252 e. The molecule has 1 aliphatic heterocycles. The second-order valence-corrected chi connectivity index (χ2v) is 4.00. The molecule has 1 fully saturated rings. The number of fused-ring (bicyclic) bond motifs is 1. The summed E-state index contributed by atoms with van der Waals surface area (Å²) in [6.07, 6.45) is 3.24. The lowest BCUT2D eigenvalue weighted by atomic mass is 10.3. The first kappa shape index (κ1) is 9.95. The summed E-state index contributed by atoms with van der Waals surface area (Å²) in [5.41, 5.74) is 0. The van der Waals surface area contributed by atoms with Crippen molar-refractivity contribution >= 4 is 17.4 Å². The van der Waals surface area contributed by atoms with E-state index >= 15 is 0 Å². The maximum atomic E-state index is 5.82. The average Bonchev–Trinajstić information content (AvgIpc) is 2.73. The minimum atomic E-state index is 0.0363. The van der Waals surface area contributed by atoms with Crippen LogP contribution in [0, 0.1) is 0 Å². The topological polar surface area (TPSA) is 64.3 Å². The van der Waals surface area contributed by atoms with Gasteiger partial charge in [0.2, 0.25) is 0 Å². The Morgan fingerprint density at radius 3 is 3.31 bits per heavy atom. The second-order valence-electron chi connectivity index (χ2n) is 3.57. The molecule has 1 N–H and O–H groups in total. The van der Waals surface area contributed by atoms with Crippen LogP contribution in [0.2, 0.25) is 5.02 Å². The van der Waals surface area contributed by atoms with Gasteiger partial charge in [0.25, 0.3) is 5.78 Å². The minimum absolute atomic E-state index is 0.0363. The van der Waals surface area contributed by atoms with Crippen molar-refractivity contribution in [3.05, 3.63) is 23.2 Å². The number of morpholine rings is 1. The molecule has 1 atom stereocenters. The van der Waals surface area contributed by atoms with Gasteiger partial charge in [-0.25, -0.2) is 9.50 Å². The number of hydrogen-bond donors (Lipinski definition) is 1. The first-order chi connectivity index (χ1) is 7.83. The molecule has 0 bridgehead atoms. The van der Waals surface area contributed by atoms with E-state index in [0.717, 1.165) is 13.2 Å². The summed E-state index contributed by atoms with van der Waals surface area (Å²) in [4.78, 5) is 8.40. The van der Waals surface area contributed by atoms with Crippen molar-refractivity contribution in [2.24, 2.45) is 0 Å². The summed E-state index contributed by atoms with van der Waals surface area (Å²) in [5, 5.41) is 8.14. The van der Waals surface area contributed by atoms with E-state index in [1.54, 1.807) is 16.9 Å². The van der Waals surface area contributed by atoms with E-state index in [4.69, 9.17) is 16.3 Å². The monoisotopic (exact) mass is 239 g/mol. The van der Waals surface area contributed by atoms with Gasteiger partial charge in [0.05, 0.1) is 36.7 Å². The fourth-order valence-corrected chi connectivity index (χ4v) is 1.80. The van der Waals surface area contributed by atoms with Crippen LogP contribution in [-0.4, -0.2) is 39.3 Å². The Labute approximate surface area is 96.6 Å². The molecule has 16 heavy (non-hydrogen) atoms. The van der Waals surface area contributed by atoms with Gasteiger partial charge in [-0.15, -0.1) is 5.10 Å². The zero-order chi connectivity index (χ0) is 11.0. The van der Waals surface area contributed by atoms with E-state index in [1.807, 2.05) is 0 Å². The van der Waals surface area contributed by atoms with E-state index < -0.39 is 0 Å². The molecule has 0 saturated carbocycles. The summed E-state index contributed by atoms with van der Waals surface area (Å²) >= 11 is 5.82. The van der Waals surface area contributed by atoms with Crippen LogP contribution in [0.15, 0.2) is 12.4 Å². The predicted octanol–water partition coefficient (Wildman–Crippen LogP) is 0.439. The molecule has 1 aliphatic rings. The average molecular weight is 240 g/mol. The van der Waals surface area contributed by atoms with Gasteiger partial charge in [-0.3, -0.25) is 0 Å². The fourth-order valence-electron chi connectivity index (χ4n) is 1.65. The van der Waals surface area contributed by atoms with Crippen molar-refractivity contribution in [3.8, 4) is 0 Å². The number of rotatable bonds is 1. The zero-order valence-corrected chi connectivity index (χ0v) is 9.18. The summed E-state index contributed by atoms with van der Waals surface area (Å²) in [5.74, 6) is 1.24. The Morgan fingerprint density at radius 1 is 1.56 bits per heavy atom. The van der Waals surface area contributed by atoms with Crippen molar-refractivity contribution < 1.29 is 4.74 Å². The number of aromatic nitrogens is 4. The summed E-state index contributed by atoms with van der Waals surface area (Å²) in [6, 6.07) is 0.0363. The molecule has 3 rings (SSSR count). The van der Waals surface area contributed by atoms with E-state index in [9.17, 15) is 0 Å². The number of hydrogen-bond acceptors (Lipinski definition) is 5. The highest BCUT2D eigenvalue weighted by atomic mass is 35.5. The molecule has 0 radical (unpaired) electrons. The van der Waals surface area contributed by atoms with E-state index in [2.05, 4.69) is 20.4 Å². The van der Waals surface area contributed by atoms with Gasteiger partial charge in [-0.2, -0.15) is 4.98 Å². The SMILES string of the molecule is Clc1cnc2nc(C3COCCN3)nn2c1. The van der Waals surface area contributed by atoms with E-state index in [1.165, 1.54) is 0 Å². The molecule has 1 unspecified atom stereocenters. The fraction of sp³-hybridized carbons (Fsp3) is 0.444. The molecule has 2 aromatic rings.